The van der Waals surface area contributed by atoms with Crippen LogP contribution >= 0.6 is 0 Å². The van der Waals surface area contributed by atoms with Crippen LogP contribution in [0.4, 0.5) is 22.0 Å². The highest BCUT2D eigenvalue weighted by molar-refractivity contribution is 5.04. The number of hydrogen-bond acceptors (Lipinski definition) is 1. The van der Waals surface area contributed by atoms with Gasteiger partial charge in [0.25, 0.3) is 0 Å². The lowest BCUT2D eigenvalue weighted by atomic mass is 9.91. The van der Waals surface area contributed by atoms with Crippen molar-refractivity contribution in [3.63, 3.8) is 0 Å². The average molecular weight is 314 g/mol. The van der Waals surface area contributed by atoms with Gasteiger partial charge in [-0.25, -0.2) is 0 Å². The molecular weight excluding hydrogens is 291 g/mol. The zero-order valence-corrected chi connectivity index (χ0v) is 12.8. The van der Waals surface area contributed by atoms with Gasteiger partial charge in [-0.2, -0.15) is 22.0 Å². The van der Waals surface area contributed by atoms with Crippen LogP contribution in [0.5, 0.6) is 0 Å². The van der Waals surface area contributed by atoms with E-state index in [1.54, 1.807) is 13.0 Å². The lowest BCUT2D eigenvalue weighted by Gasteiger charge is -2.33. The highest BCUT2D eigenvalue weighted by Gasteiger charge is 2.67. The van der Waals surface area contributed by atoms with Crippen LogP contribution in [0.25, 0.3) is 0 Å². The molecule has 1 N–H and O–H groups in total. The van der Waals surface area contributed by atoms with Gasteiger partial charge in [0.1, 0.15) is 5.60 Å². The van der Waals surface area contributed by atoms with Crippen molar-refractivity contribution in [3.8, 4) is 0 Å². The third kappa shape index (κ3) is 6.16. The van der Waals surface area contributed by atoms with E-state index in [9.17, 15) is 27.1 Å². The largest absolute Gasteiger partial charge is 0.456 e. The third-order valence-electron chi connectivity index (χ3n) is 3.25. The molecule has 0 aromatic rings. The molecule has 0 rings (SSSR count). The van der Waals surface area contributed by atoms with Gasteiger partial charge in [-0.1, -0.05) is 23.3 Å². The van der Waals surface area contributed by atoms with Crippen LogP contribution in [0.15, 0.2) is 23.3 Å². The van der Waals surface area contributed by atoms with Crippen molar-refractivity contribution in [2.45, 2.75) is 71.1 Å². The molecule has 0 radical (unpaired) electrons. The van der Waals surface area contributed by atoms with Gasteiger partial charge in [0.15, 0.2) is 0 Å². The normalized spacial score (nSPS) is 16.6. The highest BCUT2D eigenvalue weighted by atomic mass is 19.4. The molecule has 0 aliphatic rings. The van der Waals surface area contributed by atoms with Crippen LogP contribution in [0.1, 0.15) is 53.4 Å². The Bertz CT molecular complexity index is 387. The van der Waals surface area contributed by atoms with E-state index in [1.165, 1.54) is 0 Å². The second-order valence-corrected chi connectivity index (χ2v) is 5.76. The van der Waals surface area contributed by atoms with Gasteiger partial charge in [-0.05, 0) is 53.4 Å². The van der Waals surface area contributed by atoms with E-state index in [1.807, 2.05) is 19.9 Å². The standard InChI is InChI=1S/C15H23F5O/c1-11(2)7-5-8-12(3)9-6-10-13(4,21)14(16,17)15(18,19)20/h7,9,21H,5-6,8,10H2,1-4H3/b12-9+. The number of allylic oxidation sites excluding steroid dienone is 4. The minimum atomic E-state index is -5.75. The first-order valence-corrected chi connectivity index (χ1v) is 6.77. The van der Waals surface area contributed by atoms with Gasteiger partial charge >= 0.3 is 12.1 Å². The van der Waals surface area contributed by atoms with E-state index in [2.05, 4.69) is 0 Å². The quantitative estimate of drug-likeness (QED) is 0.492. The maximum atomic E-state index is 13.1. The summed E-state index contributed by atoms with van der Waals surface area (Å²) in [5, 5.41) is 9.43. The fourth-order valence-corrected chi connectivity index (χ4v) is 1.75. The van der Waals surface area contributed by atoms with Gasteiger partial charge in [-0.15, -0.1) is 0 Å². The molecule has 0 fully saturated rings. The maximum absolute atomic E-state index is 13.1. The monoisotopic (exact) mass is 314 g/mol. The number of aliphatic hydroxyl groups is 1. The Hall–Kier alpha value is -0.910. The predicted octanol–water partition coefficient (Wildman–Crippen LogP) is 5.41. The third-order valence-corrected chi connectivity index (χ3v) is 3.25. The molecule has 0 aromatic carbocycles. The minimum absolute atomic E-state index is 0.0284. The summed E-state index contributed by atoms with van der Waals surface area (Å²) in [4.78, 5) is 0. The summed E-state index contributed by atoms with van der Waals surface area (Å²) in [6.07, 6.45) is -1.31. The van der Waals surface area contributed by atoms with Crippen molar-refractivity contribution in [2.24, 2.45) is 0 Å². The zero-order valence-electron chi connectivity index (χ0n) is 12.8. The molecule has 1 atom stereocenters. The van der Waals surface area contributed by atoms with Gasteiger partial charge < -0.3 is 5.11 Å². The molecule has 0 saturated heterocycles. The molecule has 1 nitrogen and oxygen atoms in total. The summed E-state index contributed by atoms with van der Waals surface area (Å²) >= 11 is 0. The van der Waals surface area contributed by atoms with Crippen LogP contribution in [0, 0.1) is 0 Å². The van der Waals surface area contributed by atoms with Crippen LogP contribution in [0.2, 0.25) is 0 Å². The highest BCUT2D eigenvalue weighted by Crippen LogP contribution is 2.45. The summed E-state index contributed by atoms with van der Waals surface area (Å²) in [5.41, 5.74) is -1.05. The first-order valence-electron chi connectivity index (χ1n) is 6.77. The smallest absolute Gasteiger partial charge is 0.383 e. The number of alkyl halides is 5. The van der Waals surface area contributed by atoms with Crippen molar-refractivity contribution in [2.75, 3.05) is 0 Å². The van der Waals surface area contributed by atoms with Crippen LogP contribution in [-0.4, -0.2) is 22.8 Å². The molecule has 0 heterocycles. The predicted molar refractivity (Wildman–Crippen MR) is 73.3 cm³/mol. The fraction of sp³-hybridized carbons (Fsp3) is 0.733. The first kappa shape index (κ1) is 20.1. The zero-order chi connectivity index (χ0) is 16.9. The molecule has 124 valence electrons. The Balaban J connectivity index is 4.54. The molecule has 6 heteroatoms. The minimum Gasteiger partial charge on any atom is -0.383 e. The van der Waals surface area contributed by atoms with E-state index < -0.39 is 24.1 Å². The van der Waals surface area contributed by atoms with Crippen molar-refractivity contribution in [3.05, 3.63) is 23.3 Å². The SMILES string of the molecule is CC(C)=CCC/C(C)=C/CCC(C)(O)C(F)(F)C(F)(F)F. The average Bonchev–Trinajstić information content (AvgIpc) is 2.26. The molecule has 0 aromatic heterocycles. The Morgan fingerprint density at radius 2 is 1.48 bits per heavy atom. The van der Waals surface area contributed by atoms with Crippen LogP contribution < -0.4 is 0 Å². The molecule has 0 spiro atoms. The number of halogens is 5. The number of rotatable bonds is 7. The Labute approximate surface area is 122 Å². The maximum Gasteiger partial charge on any atom is 0.456 e. The Kier molecular flexibility index (Phi) is 7.06. The summed E-state index contributed by atoms with van der Waals surface area (Å²) in [5.74, 6) is -5.12. The fourth-order valence-electron chi connectivity index (χ4n) is 1.75. The van der Waals surface area contributed by atoms with Crippen LogP contribution in [-0.2, 0) is 0 Å². The second kappa shape index (κ2) is 7.38. The van der Waals surface area contributed by atoms with E-state index in [0.29, 0.717) is 13.3 Å². The van der Waals surface area contributed by atoms with Gasteiger partial charge in [0.2, 0.25) is 0 Å². The van der Waals surface area contributed by atoms with Crippen molar-refractivity contribution in [1.29, 1.82) is 0 Å². The van der Waals surface area contributed by atoms with E-state index in [-0.39, 0.29) is 6.42 Å². The molecule has 0 aliphatic heterocycles. The van der Waals surface area contributed by atoms with Crippen molar-refractivity contribution in [1.82, 2.24) is 0 Å². The van der Waals surface area contributed by atoms with E-state index in [4.69, 9.17) is 0 Å². The lowest BCUT2D eigenvalue weighted by Crippen LogP contribution is -2.55. The summed E-state index contributed by atoms with van der Waals surface area (Å²) in [6, 6.07) is 0. The van der Waals surface area contributed by atoms with E-state index >= 15 is 0 Å². The second-order valence-electron chi connectivity index (χ2n) is 5.76. The molecule has 21 heavy (non-hydrogen) atoms. The van der Waals surface area contributed by atoms with Gasteiger partial charge in [0, 0.05) is 0 Å². The Morgan fingerprint density at radius 1 is 0.952 bits per heavy atom. The van der Waals surface area contributed by atoms with Crippen LogP contribution in [0.3, 0.4) is 0 Å². The molecule has 0 bridgehead atoms. The number of hydrogen-bond donors (Lipinski definition) is 1. The van der Waals surface area contributed by atoms with E-state index in [0.717, 1.165) is 17.6 Å². The molecule has 0 amide bonds. The van der Waals surface area contributed by atoms with Crippen molar-refractivity contribution >= 4 is 0 Å². The summed E-state index contributed by atoms with van der Waals surface area (Å²) < 4.78 is 62.9. The Morgan fingerprint density at radius 3 is 1.90 bits per heavy atom. The molecule has 1 unspecified atom stereocenters. The van der Waals surface area contributed by atoms with Gasteiger partial charge in [0.05, 0.1) is 0 Å². The molecule has 0 aliphatic carbocycles. The summed E-state index contributed by atoms with van der Waals surface area (Å²) in [7, 11) is 0. The lowest BCUT2D eigenvalue weighted by molar-refractivity contribution is -0.338. The molecular formula is C15H23F5O. The van der Waals surface area contributed by atoms with Crippen molar-refractivity contribution < 1.29 is 27.1 Å². The first-order chi connectivity index (χ1) is 9.31. The molecule has 0 saturated carbocycles. The van der Waals surface area contributed by atoms with Gasteiger partial charge in [-0.3, -0.25) is 0 Å². The summed E-state index contributed by atoms with van der Waals surface area (Å²) in [6.45, 7) is 6.22. The topological polar surface area (TPSA) is 20.2 Å².